The van der Waals surface area contributed by atoms with Crippen molar-refractivity contribution in [1.29, 1.82) is 0 Å². The van der Waals surface area contributed by atoms with E-state index in [0.29, 0.717) is 6.21 Å². The van der Waals surface area contributed by atoms with Crippen molar-refractivity contribution < 1.29 is 28.6 Å². The molecule has 0 aliphatic carbocycles. The summed E-state index contributed by atoms with van der Waals surface area (Å²) in [5.74, 6) is -1.17. The largest absolute Gasteiger partial charge is 0.461 e. The van der Waals surface area contributed by atoms with Gasteiger partial charge in [-0.05, 0) is 32.8 Å². The van der Waals surface area contributed by atoms with Crippen LogP contribution in [-0.2, 0) is 25.7 Å². The van der Waals surface area contributed by atoms with Gasteiger partial charge in [-0.3, -0.25) is 9.59 Å². The number of hydrogen-bond acceptors (Lipinski definition) is 5. The van der Waals surface area contributed by atoms with E-state index in [4.69, 9.17) is 15.0 Å². The number of nitrogens with one attached hydrogen (secondary N) is 1. The van der Waals surface area contributed by atoms with Gasteiger partial charge in [0, 0.05) is 6.42 Å². The number of esters is 1. The summed E-state index contributed by atoms with van der Waals surface area (Å²) in [6.45, 7) is 5.16. The van der Waals surface area contributed by atoms with Crippen LogP contribution in [0, 0.1) is 0 Å². The Hall–Kier alpha value is -2.99. The monoisotopic (exact) mass is 361 g/mol. The predicted octanol–water partition coefficient (Wildman–Crippen LogP) is 2.27. The van der Waals surface area contributed by atoms with Gasteiger partial charge in [-0.1, -0.05) is 30.3 Å². The number of hydrogen-bond donors (Lipinski definition) is 1. The van der Waals surface area contributed by atoms with Crippen molar-refractivity contribution in [3.05, 3.63) is 41.4 Å². The smallest absolute Gasteiger partial charge is 0.408 e. The third kappa shape index (κ3) is 8.75. The molecule has 1 N–H and O–H groups in total. The highest BCUT2D eigenvalue weighted by Crippen LogP contribution is 2.09. The van der Waals surface area contributed by atoms with Gasteiger partial charge in [0.05, 0.1) is 0 Å². The zero-order valence-corrected chi connectivity index (χ0v) is 15.1. The summed E-state index contributed by atoms with van der Waals surface area (Å²) in [6.07, 6.45) is -0.257. The number of ketones is 1. The molecular weight excluding hydrogens is 338 g/mol. The molecule has 0 aliphatic rings. The van der Waals surface area contributed by atoms with Gasteiger partial charge in [0.25, 0.3) is 5.78 Å². The molecule has 8 heteroatoms. The SMILES string of the molecule is CC(C)(C)OC(=O)N[C@@H](CCC(=O)OCc1ccccc1)C(=O)C=[N+]=[N-]. The summed E-state index contributed by atoms with van der Waals surface area (Å²) in [4.78, 5) is 38.2. The van der Waals surface area contributed by atoms with Gasteiger partial charge < -0.3 is 20.3 Å². The molecule has 1 rings (SSSR count). The number of benzene rings is 1. The number of carbonyl (C=O) groups is 3. The second-order valence-electron chi connectivity index (χ2n) is 6.53. The Bertz CT molecular complexity index is 676. The topological polar surface area (TPSA) is 118 Å². The molecule has 0 aliphatic heterocycles. The molecule has 0 heterocycles. The molecule has 0 bridgehead atoms. The summed E-state index contributed by atoms with van der Waals surface area (Å²) in [5.41, 5.74) is 8.61. The zero-order valence-electron chi connectivity index (χ0n) is 15.1. The van der Waals surface area contributed by atoms with Gasteiger partial charge in [-0.15, -0.1) is 0 Å². The van der Waals surface area contributed by atoms with E-state index in [1.165, 1.54) is 0 Å². The van der Waals surface area contributed by atoms with Crippen LogP contribution in [0.25, 0.3) is 5.53 Å². The molecular formula is C18H23N3O5. The van der Waals surface area contributed by atoms with Gasteiger partial charge in [-0.25, -0.2) is 4.79 Å². The first-order valence-corrected chi connectivity index (χ1v) is 8.11. The van der Waals surface area contributed by atoms with E-state index in [0.717, 1.165) is 5.56 Å². The van der Waals surface area contributed by atoms with Gasteiger partial charge in [0.1, 0.15) is 18.2 Å². The Morgan fingerprint density at radius 2 is 1.88 bits per heavy atom. The molecule has 0 unspecified atom stereocenters. The maximum absolute atomic E-state index is 11.9. The molecule has 1 aromatic rings. The Labute approximate surface area is 152 Å². The Kier molecular flexibility index (Phi) is 8.18. The molecule has 8 nitrogen and oxygen atoms in total. The molecule has 1 amide bonds. The average Bonchev–Trinajstić information content (AvgIpc) is 2.56. The Morgan fingerprint density at radius 1 is 1.23 bits per heavy atom. The number of Topliss-reactive ketones (excluding diaryl/α,β-unsaturated/α-hetero) is 1. The Balaban J connectivity index is 2.56. The van der Waals surface area contributed by atoms with Crippen LogP contribution >= 0.6 is 0 Å². The lowest BCUT2D eigenvalue weighted by molar-refractivity contribution is -0.145. The molecule has 0 aromatic heterocycles. The molecule has 0 radical (unpaired) electrons. The first-order chi connectivity index (χ1) is 12.2. The van der Waals surface area contributed by atoms with E-state index in [9.17, 15) is 14.4 Å². The fourth-order valence-corrected chi connectivity index (χ4v) is 1.95. The van der Waals surface area contributed by atoms with Crippen molar-refractivity contribution in [1.82, 2.24) is 5.32 Å². The van der Waals surface area contributed by atoms with Crippen LogP contribution in [-0.4, -0.2) is 40.5 Å². The minimum atomic E-state index is -1.06. The minimum absolute atomic E-state index is 0.0162. The van der Waals surface area contributed by atoms with Crippen molar-refractivity contribution in [2.75, 3.05) is 0 Å². The second kappa shape index (κ2) is 10.1. The average molecular weight is 361 g/mol. The predicted molar refractivity (Wildman–Crippen MR) is 93.3 cm³/mol. The fourth-order valence-electron chi connectivity index (χ4n) is 1.95. The summed E-state index contributed by atoms with van der Waals surface area (Å²) in [5, 5.41) is 2.37. The lowest BCUT2D eigenvalue weighted by Gasteiger charge is -2.22. The zero-order chi connectivity index (χ0) is 19.6. The number of nitrogens with zero attached hydrogens (tertiary/aromatic N) is 2. The molecule has 0 saturated heterocycles. The van der Waals surface area contributed by atoms with Gasteiger partial charge in [0.2, 0.25) is 0 Å². The number of alkyl carbamates (subject to hydrolysis) is 1. The van der Waals surface area contributed by atoms with Gasteiger partial charge in [0.15, 0.2) is 0 Å². The first-order valence-electron chi connectivity index (χ1n) is 8.11. The molecule has 0 saturated carbocycles. The van der Waals surface area contributed by atoms with Crippen LogP contribution in [0.1, 0.15) is 39.2 Å². The highest BCUT2D eigenvalue weighted by atomic mass is 16.6. The number of carbonyl (C=O) groups excluding carboxylic acids is 3. The quantitative estimate of drug-likeness (QED) is 0.330. The van der Waals surface area contributed by atoms with E-state index in [1.54, 1.807) is 20.8 Å². The van der Waals surface area contributed by atoms with Crippen molar-refractivity contribution in [3.63, 3.8) is 0 Å². The first kappa shape index (κ1) is 21.1. The summed E-state index contributed by atoms with van der Waals surface area (Å²) < 4.78 is 10.2. The van der Waals surface area contributed by atoms with Crippen LogP contribution in [0.3, 0.4) is 0 Å². The van der Waals surface area contributed by atoms with Gasteiger partial charge >= 0.3 is 18.3 Å². The van der Waals surface area contributed by atoms with E-state index >= 15 is 0 Å². The molecule has 1 aromatic carbocycles. The third-order valence-corrected chi connectivity index (χ3v) is 3.10. The van der Waals surface area contributed by atoms with E-state index in [-0.39, 0.29) is 19.4 Å². The van der Waals surface area contributed by atoms with E-state index in [1.807, 2.05) is 30.3 Å². The van der Waals surface area contributed by atoms with E-state index < -0.39 is 29.5 Å². The van der Waals surface area contributed by atoms with Crippen LogP contribution < -0.4 is 5.32 Å². The van der Waals surface area contributed by atoms with Crippen LogP contribution in [0.4, 0.5) is 4.79 Å². The minimum Gasteiger partial charge on any atom is -0.461 e. The Morgan fingerprint density at radius 3 is 2.46 bits per heavy atom. The summed E-state index contributed by atoms with van der Waals surface area (Å²) >= 11 is 0. The number of amides is 1. The van der Waals surface area contributed by atoms with Crippen molar-refractivity contribution in [3.8, 4) is 0 Å². The van der Waals surface area contributed by atoms with Crippen molar-refractivity contribution >= 4 is 24.1 Å². The maximum Gasteiger partial charge on any atom is 0.408 e. The molecule has 1 atom stereocenters. The summed E-state index contributed by atoms with van der Waals surface area (Å²) in [7, 11) is 0. The summed E-state index contributed by atoms with van der Waals surface area (Å²) in [6, 6.07) is 8.09. The second-order valence-corrected chi connectivity index (χ2v) is 6.53. The van der Waals surface area contributed by atoms with Crippen molar-refractivity contribution in [2.24, 2.45) is 0 Å². The highest BCUT2D eigenvalue weighted by Gasteiger charge is 2.26. The normalized spacial score (nSPS) is 11.7. The number of rotatable bonds is 8. The lowest BCUT2D eigenvalue weighted by Crippen LogP contribution is -2.44. The van der Waals surface area contributed by atoms with Crippen LogP contribution in [0.5, 0.6) is 0 Å². The lowest BCUT2D eigenvalue weighted by atomic mass is 10.1. The van der Waals surface area contributed by atoms with Crippen molar-refractivity contribution in [2.45, 2.75) is 51.9 Å². The highest BCUT2D eigenvalue weighted by molar-refractivity contribution is 6.28. The maximum atomic E-state index is 11.9. The molecule has 140 valence electrons. The van der Waals surface area contributed by atoms with Gasteiger partial charge in [-0.2, -0.15) is 4.79 Å². The van der Waals surface area contributed by atoms with E-state index in [2.05, 4.69) is 10.1 Å². The fraction of sp³-hybridized carbons (Fsp3) is 0.444. The standard InChI is InChI=1S/C18H23N3O5/c1-18(2,3)26-17(24)21-14(15(22)11-20-19)9-10-16(23)25-12-13-7-5-4-6-8-13/h4-8,11,14H,9-10,12H2,1-3H3,(H,21,24)/t14-/m0/s1. The van der Waals surface area contributed by atoms with Crippen LogP contribution in [0.15, 0.2) is 30.3 Å². The number of ether oxygens (including phenoxy) is 2. The molecule has 0 fully saturated rings. The third-order valence-electron chi connectivity index (χ3n) is 3.10. The van der Waals surface area contributed by atoms with Crippen LogP contribution in [0.2, 0.25) is 0 Å². The molecule has 0 spiro atoms. The molecule has 26 heavy (non-hydrogen) atoms.